The van der Waals surface area contributed by atoms with E-state index in [1.807, 2.05) is 0 Å². The fourth-order valence-corrected chi connectivity index (χ4v) is 3.61. The van der Waals surface area contributed by atoms with Crippen LogP contribution >= 0.6 is 0 Å². The SMILES string of the molecule is COC(=O)OC[C@@]1(C#N)O[C@@H](c2ccc3c(N)ncnn23)[C@@H]2OC(C)(C)O[C@@H]21. The zero-order valence-electron chi connectivity index (χ0n) is 15.5. The predicted molar refractivity (Wildman–Crippen MR) is 91.8 cm³/mol. The molecule has 0 amide bonds. The Labute approximate surface area is 159 Å². The van der Waals surface area contributed by atoms with E-state index in [0.717, 1.165) is 0 Å². The van der Waals surface area contributed by atoms with Gasteiger partial charge in [-0.05, 0) is 26.0 Å². The Kier molecular flexibility index (Phi) is 4.15. The molecule has 0 spiro atoms. The average molecular weight is 389 g/mol. The van der Waals surface area contributed by atoms with Gasteiger partial charge in [0.2, 0.25) is 5.60 Å². The van der Waals surface area contributed by atoms with Crippen LogP contribution in [-0.2, 0) is 23.7 Å². The molecule has 0 bridgehead atoms. The van der Waals surface area contributed by atoms with E-state index >= 15 is 0 Å². The van der Waals surface area contributed by atoms with Crippen molar-refractivity contribution in [3.63, 3.8) is 0 Å². The number of nitriles is 1. The number of carbonyl (C=O) groups is 1. The summed E-state index contributed by atoms with van der Waals surface area (Å²) in [6.45, 7) is 3.10. The number of hydrogen-bond donors (Lipinski definition) is 1. The summed E-state index contributed by atoms with van der Waals surface area (Å²) in [5.74, 6) is -0.647. The Hall–Kier alpha value is -2.94. The third-order valence-electron chi connectivity index (χ3n) is 4.79. The summed E-state index contributed by atoms with van der Waals surface area (Å²) in [5.41, 5.74) is 5.52. The van der Waals surface area contributed by atoms with E-state index in [2.05, 4.69) is 20.9 Å². The first kappa shape index (κ1) is 18.4. The van der Waals surface area contributed by atoms with Crippen molar-refractivity contribution in [3.05, 3.63) is 24.2 Å². The number of aromatic nitrogens is 3. The Morgan fingerprint density at radius 2 is 2.18 bits per heavy atom. The quantitative estimate of drug-likeness (QED) is 0.753. The number of nitrogens with two attached hydrogens (primary N) is 1. The normalized spacial score (nSPS) is 30.7. The zero-order chi connectivity index (χ0) is 20.1. The molecule has 28 heavy (non-hydrogen) atoms. The lowest BCUT2D eigenvalue weighted by molar-refractivity contribution is -0.205. The highest BCUT2D eigenvalue weighted by Gasteiger charge is 2.65. The largest absolute Gasteiger partial charge is 0.508 e. The number of carbonyl (C=O) groups excluding carboxylic acids is 1. The number of nitrogen functional groups attached to an aromatic ring is 1. The van der Waals surface area contributed by atoms with Crippen LogP contribution in [0.5, 0.6) is 0 Å². The summed E-state index contributed by atoms with van der Waals surface area (Å²) < 4.78 is 29.1. The van der Waals surface area contributed by atoms with Gasteiger partial charge in [0.05, 0.1) is 12.8 Å². The molecule has 4 heterocycles. The van der Waals surface area contributed by atoms with Crippen molar-refractivity contribution in [2.75, 3.05) is 19.5 Å². The number of nitrogens with zero attached hydrogens (tertiary/aromatic N) is 4. The highest BCUT2D eigenvalue weighted by atomic mass is 16.8. The van der Waals surface area contributed by atoms with E-state index in [-0.39, 0.29) is 6.61 Å². The molecule has 4 atom stereocenters. The summed E-state index contributed by atoms with van der Waals surface area (Å²) in [5, 5.41) is 14.1. The second-order valence-electron chi connectivity index (χ2n) is 7.00. The van der Waals surface area contributed by atoms with Gasteiger partial charge in [0.15, 0.2) is 11.6 Å². The number of hydrogen-bond acceptors (Lipinski definition) is 10. The minimum atomic E-state index is -1.58. The van der Waals surface area contributed by atoms with Gasteiger partial charge in [-0.1, -0.05) is 0 Å². The number of ether oxygens (including phenoxy) is 5. The van der Waals surface area contributed by atoms with Crippen LogP contribution in [-0.4, -0.2) is 58.1 Å². The molecule has 0 saturated carbocycles. The van der Waals surface area contributed by atoms with Gasteiger partial charge in [-0.15, -0.1) is 0 Å². The van der Waals surface area contributed by atoms with Crippen molar-refractivity contribution in [1.82, 2.24) is 14.6 Å². The van der Waals surface area contributed by atoms with Crippen LogP contribution in [0.4, 0.5) is 10.6 Å². The van der Waals surface area contributed by atoms with Crippen LogP contribution < -0.4 is 5.73 Å². The molecule has 4 rings (SSSR count). The molecule has 0 unspecified atom stereocenters. The fourth-order valence-electron chi connectivity index (χ4n) is 3.61. The number of methoxy groups -OCH3 is 1. The molecular weight excluding hydrogens is 370 g/mol. The smallest absolute Gasteiger partial charge is 0.438 e. The second-order valence-corrected chi connectivity index (χ2v) is 7.00. The maximum absolute atomic E-state index is 11.5. The van der Waals surface area contributed by atoms with Gasteiger partial charge < -0.3 is 29.4 Å². The van der Waals surface area contributed by atoms with Crippen LogP contribution in [0.15, 0.2) is 18.5 Å². The summed E-state index contributed by atoms with van der Waals surface area (Å²) >= 11 is 0. The van der Waals surface area contributed by atoms with Gasteiger partial charge in [-0.2, -0.15) is 10.4 Å². The first-order valence-electron chi connectivity index (χ1n) is 8.54. The van der Waals surface area contributed by atoms with Gasteiger partial charge in [0.25, 0.3) is 0 Å². The Morgan fingerprint density at radius 1 is 1.39 bits per heavy atom. The molecule has 0 aliphatic carbocycles. The van der Waals surface area contributed by atoms with Gasteiger partial charge in [0, 0.05) is 0 Å². The van der Waals surface area contributed by atoms with Crippen LogP contribution in [0.3, 0.4) is 0 Å². The second kappa shape index (κ2) is 6.30. The molecule has 2 fully saturated rings. The lowest BCUT2D eigenvalue weighted by Gasteiger charge is -2.28. The summed E-state index contributed by atoms with van der Waals surface area (Å²) in [4.78, 5) is 15.4. The molecule has 2 saturated heterocycles. The van der Waals surface area contributed by atoms with Gasteiger partial charge in [0.1, 0.15) is 42.8 Å². The minimum absolute atomic E-state index is 0.306. The van der Waals surface area contributed by atoms with Crippen LogP contribution in [0.1, 0.15) is 25.6 Å². The van der Waals surface area contributed by atoms with Crippen LogP contribution in [0.25, 0.3) is 5.52 Å². The van der Waals surface area contributed by atoms with E-state index in [9.17, 15) is 10.1 Å². The minimum Gasteiger partial charge on any atom is -0.438 e. The molecule has 2 N–H and O–H groups in total. The molecule has 2 aliphatic heterocycles. The Bertz CT molecular complexity index is 969. The molecule has 2 aliphatic rings. The van der Waals surface area contributed by atoms with Gasteiger partial charge in [-0.25, -0.2) is 14.3 Å². The maximum Gasteiger partial charge on any atom is 0.508 e. The highest BCUT2D eigenvalue weighted by Crippen LogP contribution is 2.50. The van der Waals surface area contributed by atoms with Crippen molar-refractivity contribution in [3.8, 4) is 6.07 Å². The lowest BCUT2D eigenvalue weighted by Crippen LogP contribution is -2.46. The van der Waals surface area contributed by atoms with Crippen molar-refractivity contribution in [1.29, 1.82) is 5.26 Å². The van der Waals surface area contributed by atoms with E-state index in [4.69, 9.17) is 24.7 Å². The van der Waals surface area contributed by atoms with Crippen molar-refractivity contribution >= 4 is 17.5 Å². The molecular formula is C17H19N5O6. The van der Waals surface area contributed by atoms with Crippen molar-refractivity contribution < 1.29 is 28.5 Å². The number of rotatable bonds is 3. The summed E-state index contributed by atoms with van der Waals surface area (Å²) in [6, 6.07) is 5.61. The molecule has 2 aromatic heterocycles. The van der Waals surface area contributed by atoms with Gasteiger partial charge in [-0.3, -0.25) is 0 Å². The standard InChI is InChI=1S/C17H19N5O6/c1-16(2)26-12-11(9-4-5-10-14(19)20-8-21-22(9)10)27-17(6-18,13(12)28-16)7-25-15(23)24-3/h4-5,8,11-13H,7H2,1-3H3,(H2,19,20,21)/t11-,12-,13-,17+/m0/s1. The Balaban J connectivity index is 1.75. The van der Waals surface area contributed by atoms with Crippen LogP contribution in [0, 0.1) is 11.3 Å². The highest BCUT2D eigenvalue weighted by molar-refractivity contribution is 5.65. The molecule has 11 nitrogen and oxygen atoms in total. The Morgan fingerprint density at radius 3 is 2.89 bits per heavy atom. The first-order valence-corrected chi connectivity index (χ1v) is 8.54. The van der Waals surface area contributed by atoms with Crippen LogP contribution in [0.2, 0.25) is 0 Å². The molecule has 2 aromatic rings. The van der Waals surface area contributed by atoms with E-state index < -0.39 is 35.9 Å². The third-order valence-corrected chi connectivity index (χ3v) is 4.79. The lowest BCUT2D eigenvalue weighted by atomic mass is 9.96. The molecule has 0 aromatic carbocycles. The van der Waals surface area contributed by atoms with Crippen molar-refractivity contribution in [2.45, 2.75) is 43.5 Å². The molecule has 11 heteroatoms. The monoisotopic (exact) mass is 389 g/mol. The summed E-state index contributed by atoms with van der Waals surface area (Å²) in [6.07, 6.45) is -1.75. The predicted octanol–water partition coefficient (Wildman–Crippen LogP) is 0.948. The van der Waals surface area contributed by atoms with E-state index in [1.165, 1.54) is 13.4 Å². The zero-order valence-corrected chi connectivity index (χ0v) is 15.5. The summed E-state index contributed by atoms with van der Waals surface area (Å²) in [7, 11) is 1.18. The van der Waals surface area contributed by atoms with E-state index in [1.54, 1.807) is 30.5 Å². The molecule has 148 valence electrons. The molecule has 0 radical (unpaired) electrons. The topological polar surface area (TPSA) is 143 Å². The average Bonchev–Trinajstić information content (AvgIpc) is 3.31. The van der Waals surface area contributed by atoms with Gasteiger partial charge >= 0.3 is 6.16 Å². The van der Waals surface area contributed by atoms with E-state index in [0.29, 0.717) is 17.0 Å². The third kappa shape index (κ3) is 2.73. The first-order chi connectivity index (χ1) is 13.3. The fraction of sp³-hybridized carbons (Fsp3) is 0.529. The maximum atomic E-state index is 11.5. The number of anilines is 1. The van der Waals surface area contributed by atoms with Crippen molar-refractivity contribution in [2.24, 2.45) is 0 Å². The number of fused-ring (bicyclic) bond motifs is 2.